The van der Waals surface area contributed by atoms with Crippen LogP contribution in [0.1, 0.15) is 86.0 Å². The van der Waals surface area contributed by atoms with Crippen LogP contribution in [-0.4, -0.2) is 61.4 Å². The number of anilines is 1. The molecule has 43 heavy (non-hydrogen) atoms. The molecule has 2 aromatic carbocycles. The molecule has 238 valence electrons. The van der Waals surface area contributed by atoms with Gasteiger partial charge in [0.15, 0.2) is 0 Å². The van der Waals surface area contributed by atoms with Crippen LogP contribution < -0.4 is 14.5 Å². The van der Waals surface area contributed by atoms with Crippen molar-refractivity contribution in [3.8, 4) is 11.5 Å². The monoisotopic (exact) mass is 633 g/mol. The molecule has 9 nitrogen and oxygen atoms in total. The average molecular weight is 634 g/mol. The summed E-state index contributed by atoms with van der Waals surface area (Å²) in [6, 6.07) is 6.99. The number of thioether (sulfide) groups is 1. The van der Waals surface area contributed by atoms with E-state index in [4.69, 9.17) is 18.7 Å². The molecule has 1 heterocycles. The summed E-state index contributed by atoms with van der Waals surface area (Å²) in [4.78, 5) is 13.2. The van der Waals surface area contributed by atoms with Gasteiger partial charge >= 0.3 is 5.97 Å². The number of aliphatic hydroxyl groups is 2. The van der Waals surface area contributed by atoms with Crippen molar-refractivity contribution in [1.82, 2.24) is 0 Å². The molecular weight excluding hydrogens is 587 g/mol. The van der Waals surface area contributed by atoms with Gasteiger partial charge in [-0.25, -0.2) is 4.79 Å². The first-order valence-corrected chi connectivity index (χ1v) is 18.7. The summed E-state index contributed by atoms with van der Waals surface area (Å²) in [7, 11) is 0.747. The maximum atomic E-state index is 12.5. The fourth-order valence-electron chi connectivity index (χ4n) is 5.43. The van der Waals surface area contributed by atoms with Crippen molar-refractivity contribution in [3.05, 3.63) is 46.5 Å². The number of methoxy groups -OCH3 is 2. The maximum Gasteiger partial charge on any atom is 0.337 e. The largest absolute Gasteiger partial charge is 0.496 e. The number of benzene rings is 2. The van der Waals surface area contributed by atoms with Crippen LogP contribution in [0.25, 0.3) is 0 Å². The molecule has 0 amide bonds. The first kappa shape index (κ1) is 33.6. The number of hydrogen-bond acceptors (Lipinski definition) is 9. The molecule has 0 unspecified atom stereocenters. The number of fused-ring (bicyclic) bond motifs is 1. The Balaban J connectivity index is 1.77. The second-order valence-electron chi connectivity index (χ2n) is 13.0. The number of rotatable bonds is 12. The lowest BCUT2D eigenvalue weighted by molar-refractivity contribution is -0.0808. The molecule has 0 saturated heterocycles. The molecule has 3 atom stereocenters. The van der Waals surface area contributed by atoms with Crippen LogP contribution >= 0.6 is 11.8 Å². The molecule has 1 saturated carbocycles. The van der Waals surface area contributed by atoms with Crippen LogP contribution in [0.2, 0.25) is 18.1 Å². The van der Waals surface area contributed by atoms with Gasteiger partial charge in [0.25, 0.3) is 0 Å². The van der Waals surface area contributed by atoms with Crippen molar-refractivity contribution >= 4 is 31.7 Å². The highest BCUT2D eigenvalue weighted by atomic mass is 32.2. The topological polar surface area (TPSA) is 118 Å². The number of carbonyl (C=O) groups is 1. The van der Waals surface area contributed by atoms with Crippen LogP contribution in [-0.2, 0) is 15.9 Å². The van der Waals surface area contributed by atoms with E-state index in [0.29, 0.717) is 34.7 Å². The quantitative estimate of drug-likeness (QED) is 0.215. The molecule has 4 rings (SSSR count). The minimum absolute atomic E-state index is 0.0213. The Morgan fingerprint density at radius 3 is 2.21 bits per heavy atom. The first-order valence-electron chi connectivity index (χ1n) is 14.9. The Morgan fingerprint density at radius 1 is 1.09 bits per heavy atom. The minimum atomic E-state index is -2.43. The Labute approximate surface area is 260 Å². The molecule has 0 bridgehead atoms. The highest BCUT2D eigenvalue weighted by Crippen LogP contribution is 2.51. The van der Waals surface area contributed by atoms with E-state index in [9.17, 15) is 20.1 Å². The van der Waals surface area contributed by atoms with Crippen molar-refractivity contribution in [2.75, 3.05) is 19.3 Å². The highest BCUT2D eigenvalue weighted by Gasteiger charge is 2.46. The molecule has 2 aromatic rings. The summed E-state index contributed by atoms with van der Waals surface area (Å²) in [6.07, 6.45) is 2.76. The van der Waals surface area contributed by atoms with Gasteiger partial charge in [-0.05, 0) is 73.3 Å². The standard InChI is InChI=1S/C32H47NO8SSi/c1-19-24(38-5)15-21(16-25(19)39-6)30(35)26(40-22-11-9-10-12-22)17-28-33(41-43(7,8)32(2,3)4)29-23(31(36)37)13-20(18-34)14-27(29)42-28/h13-16,22,26,28,30,34-35H,9-12,17-18H2,1-8H3,(H,36,37)/t26-,28-,30+/m0/s1. The van der Waals surface area contributed by atoms with Gasteiger partial charge in [0.1, 0.15) is 23.0 Å². The van der Waals surface area contributed by atoms with Gasteiger partial charge in [-0.1, -0.05) is 45.4 Å². The molecule has 1 aliphatic heterocycles. The van der Waals surface area contributed by atoms with E-state index in [1.54, 1.807) is 19.3 Å². The number of hydrogen-bond donors (Lipinski definition) is 3. The number of hydroxylamine groups is 1. The van der Waals surface area contributed by atoms with Gasteiger partial charge < -0.3 is 34.1 Å². The van der Waals surface area contributed by atoms with Crippen LogP contribution in [0.3, 0.4) is 0 Å². The molecule has 0 spiro atoms. The highest BCUT2D eigenvalue weighted by molar-refractivity contribution is 8.00. The second-order valence-corrected chi connectivity index (χ2v) is 18.9. The fourth-order valence-corrected chi connectivity index (χ4v) is 7.84. The Bertz CT molecular complexity index is 1280. The molecule has 0 radical (unpaired) electrons. The molecule has 2 aliphatic rings. The third kappa shape index (κ3) is 7.18. The van der Waals surface area contributed by atoms with Crippen molar-refractivity contribution < 1.29 is 38.9 Å². The maximum absolute atomic E-state index is 12.5. The Morgan fingerprint density at radius 2 is 1.70 bits per heavy atom. The van der Waals surface area contributed by atoms with Crippen molar-refractivity contribution in [3.63, 3.8) is 0 Å². The van der Waals surface area contributed by atoms with Crippen LogP contribution in [0.15, 0.2) is 29.2 Å². The van der Waals surface area contributed by atoms with Crippen LogP contribution in [0.4, 0.5) is 5.69 Å². The van der Waals surface area contributed by atoms with E-state index in [2.05, 4.69) is 33.9 Å². The summed E-state index contributed by atoms with van der Waals surface area (Å²) >= 11 is 1.48. The van der Waals surface area contributed by atoms with E-state index in [1.807, 2.05) is 25.1 Å². The number of carboxylic acid groups (broad SMARTS) is 1. The number of carboxylic acids is 1. The predicted octanol–water partition coefficient (Wildman–Crippen LogP) is 6.83. The molecule has 1 fully saturated rings. The van der Waals surface area contributed by atoms with E-state index in [0.717, 1.165) is 36.1 Å². The lowest BCUT2D eigenvalue weighted by Gasteiger charge is -2.42. The van der Waals surface area contributed by atoms with Gasteiger partial charge in [-0.15, -0.1) is 0 Å². The number of nitrogens with zero attached hydrogens (tertiary/aromatic N) is 1. The summed E-state index contributed by atoms with van der Waals surface area (Å²) in [6.45, 7) is 12.3. The molecular formula is C32H47NO8SSi. The lowest BCUT2D eigenvalue weighted by Crippen LogP contribution is -2.49. The minimum Gasteiger partial charge on any atom is -0.496 e. The summed E-state index contributed by atoms with van der Waals surface area (Å²) in [5, 5.41) is 33.2. The normalized spacial score (nSPS) is 18.9. The van der Waals surface area contributed by atoms with Crippen LogP contribution in [0.5, 0.6) is 11.5 Å². The molecule has 3 N–H and O–H groups in total. The first-order chi connectivity index (χ1) is 20.2. The SMILES string of the molecule is COc1cc([C@@H](O)[C@H](C[C@@H]2Sc3cc(CO)cc(C(=O)O)c3N2O[Si](C)(C)C(C)(C)C)OC2CCCC2)cc(OC)c1C. The van der Waals surface area contributed by atoms with Crippen molar-refractivity contribution in [2.24, 2.45) is 0 Å². The smallest absolute Gasteiger partial charge is 0.337 e. The van der Waals surface area contributed by atoms with E-state index < -0.39 is 26.5 Å². The predicted molar refractivity (Wildman–Crippen MR) is 171 cm³/mol. The number of aliphatic hydroxyl groups excluding tert-OH is 2. The average Bonchev–Trinajstić information content (AvgIpc) is 3.58. The third-order valence-corrected chi connectivity index (χ3v) is 14.5. The number of aromatic carboxylic acids is 1. The summed E-state index contributed by atoms with van der Waals surface area (Å²) in [5.41, 5.74) is 2.54. The zero-order chi connectivity index (χ0) is 31.7. The van der Waals surface area contributed by atoms with Crippen LogP contribution in [0, 0.1) is 6.92 Å². The van der Waals surface area contributed by atoms with E-state index in [-0.39, 0.29) is 28.7 Å². The zero-order valence-corrected chi connectivity index (χ0v) is 28.4. The summed E-state index contributed by atoms with van der Waals surface area (Å²) in [5.74, 6) is 0.136. The lowest BCUT2D eigenvalue weighted by atomic mass is 9.98. The fraction of sp³-hybridized carbons (Fsp3) is 0.594. The van der Waals surface area contributed by atoms with Gasteiger partial charge in [0.2, 0.25) is 8.32 Å². The van der Waals surface area contributed by atoms with E-state index in [1.165, 1.54) is 17.8 Å². The summed E-state index contributed by atoms with van der Waals surface area (Å²) < 4.78 is 24.7. The molecule has 1 aliphatic carbocycles. The molecule has 11 heteroatoms. The van der Waals surface area contributed by atoms with E-state index >= 15 is 0 Å². The number of ether oxygens (including phenoxy) is 3. The zero-order valence-electron chi connectivity index (χ0n) is 26.6. The second kappa shape index (κ2) is 13.4. The van der Waals surface area contributed by atoms with Gasteiger partial charge in [0.05, 0.1) is 44.3 Å². The third-order valence-electron chi connectivity index (χ3n) is 9.00. The van der Waals surface area contributed by atoms with Crippen molar-refractivity contribution in [1.29, 1.82) is 0 Å². The Hall–Kier alpha value is -2.28. The molecule has 0 aromatic heterocycles. The van der Waals surface area contributed by atoms with Gasteiger partial charge in [0, 0.05) is 16.9 Å². The van der Waals surface area contributed by atoms with Crippen molar-refractivity contribution in [2.45, 2.75) is 113 Å². The van der Waals surface area contributed by atoms with Gasteiger partial charge in [-0.3, -0.25) is 5.06 Å². The van der Waals surface area contributed by atoms with Gasteiger partial charge in [-0.2, -0.15) is 0 Å². The Kier molecular flexibility index (Phi) is 10.5.